The van der Waals surface area contributed by atoms with Gasteiger partial charge in [0.05, 0.1) is 11.8 Å². The number of methoxy groups -OCH3 is 1. The lowest BCUT2D eigenvalue weighted by Gasteiger charge is -2.06. The van der Waals surface area contributed by atoms with E-state index >= 15 is 0 Å². The fourth-order valence-corrected chi connectivity index (χ4v) is 2.81. The first-order valence-electron chi connectivity index (χ1n) is 4.82. The molecule has 1 aromatic heterocycles. The molecule has 74 valence electrons. The second kappa shape index (κ2) is 3.62. The maximum Gasteiger partial charge on any atom is 0.139 e. The summed E-state index contributed by atoms with van der Waals surface area (Å²) in [5.74, 6) is 1.06. The molecule has 0 aliphatic rings. The van der Waals surface area contributed by atoms with Gasteiger partial charge in [-0.3, -0.25) is 0 Å². The van der Waals surface area contributed by atoms with Crippen LogP contribution in [0.25, 0.3) is 10.1 Å². The van der Waals surface area contributed by atoms with Gasteiger partial charge in [0.25, 0.3) is 0 Å². The first kappa shape index (κ1) is 9.53. The van der Waals surface area contributed by atoms with Crippen molar-refractivity contribution in [2.75, 3.05) is 7.11 Å². The predicted octanol–water partition coefficient (Wildman–Crippen LogP) is 3.78. The van der Waals surface area contributed by atoms with Gasteiger partial charge in [-0.1, -0.05) is 19.1 Å². The van der Waals surface area contributed by atoms with Gasteiger partial charge in [0.15, 0.2) is 0 Å². The molecule has 0 aliphatic heterocycles. The number of hydrogen-bond acceptors (Lipinski definition) is 2. The predicted molar refractivity (Wildman–Crippen MR) is 62.5 cm³/mol. The molecule has 2 rings (SSSR count). The average molecular weight is 206 g/mol. The van der Waals surface area contributed by atoms with Gasteiger partial charge in [-0.2, -0.15) is 0 Å². The zero-order chi connectivity index (χ0) is 10.1. The molecule has 0 atom stereocenters. The van der Waals surface area contributed by atoms with Crippen LogP contribution in [-0.4, -0.2) is 7.11 Å². The molecule has 0 unspecified atom stereocenters. The molecule has 0 amide bonds. The van der Waals surface area contributed by atoms with Crippen molar-refractivity contribution in [3.05, 3.63) is 28.6 Å². The summed E-state index contributed by atoms with van der Waals surface area (Å²) in [5.41, 5.74) is 1.29. The Kier molecular flexibility index (Phi) is 2.46. The minimum absolute atomic E-state index is 1.02. The summed E-state index contributed by atoms with van der Waals surface area (Å²) in [4.78, 5) is 1.34. The summed E-state index contributed by atoms with van der Waals surface area (Å²) in [6, 6.07) is 6.55. The van der Waals surface area contributed by atoms with Crippen molar-refractivity contribution in [1.29, 1.82) is 0 Å². The van der Waals surface area contributed by atoms with Crippen LogP contribution in [0.1, 0.15) is 17.4 Å². The molecule has 1 aromatic carbocycles. The molecule has 1 nitrogen and oxygen atoms in total. The number of hydrogen-bond donors (Lipinski definition) is 0. The molecule has 1 heterocycles. The zero-order valence-electron chi connectivity index (χ0n) is 8.76. The highest BCUT2D eigenvalue weighted by Crippen LogP contribution is 2.36. The molecule has 14 heavy (non-hydrogen) atoms. The van der Waals surface area contributed by atoms with Crippen molar-refractivity contribution in [1.82, 2.24) is 0 Å². The van der Waals surface area contributed by atoms with E-state index in [-0.39, 0.29) is 0 Å². The van der Waals surface area contributed by atoms with Crippen LogP contribution >= 0.6 is 11.3 Å². The molecule has 0 radical (unpaired) electrons. The van der Waals surface area contributed by atoms with Gasteiger partial charge in [-0.05, 0) is 30.4 Å². The maximum atomic E-state index is 5.47. The van der Waals surface area contributed by atoms with Crippen molar-refractivity contribution in [3.63, 3.8) is 0 Å². The topological polar surface area (TPSA) is 9.23 Å². The highest BCUT2D eigenvalue weighted by Gasteiger charge is 2.08. The monoisotopic (exact) mass is 206 g/mol. The quantitative estimate of drug-likeness (QED) is 0.726. The fraction of sp³-hybridized carbons (Fsp3) is 0.333. The molecule has 0 fully saturated rings. The van der Waals surface area contributed by atoms with Crippen LogP contribution in [0.15, 0.2) is 18.2 Å². The Morgan fingerprint density at radius 2 is 2.14 bits per heavy atom. The first-order valence-corrected chi connectivity index (χ1v) is 5.64. The molecule has 2 aromatic rings. The maximum absolute atomic E-state index is 5.47. The van der Waals surface area contributed by atoms with Crippen LogP contribution in [0.4, 0.5) is 0 Å². The van der Waals surface area contributed by atoms with Crippen LogP contribution in [0, 0.1) is 6.92 Å². The van der Waals surface area contributed by atoms with E-state index in [0.29, 0.717) is 0 Å². The van der Waals surface area contributed by atoms with Gasteiger partial charge in [0.1, 0.15) is 5.75 Å². The van der Waals surface area contributed by atoms with E-state index in [4.69, 9.17) is 4.74 Å². The minimum atomic E-state index is 1.02. The lowest BCUT2D eigenvalue weighted by Crippen LogP contribution is -1.89. The van der Waals surface area contributed by atoms with Crippen LogP contribution < -0.4 is 4.74 Å². The zero-order valence-corrected chi connectivity index (χ0v) is 9.57. The summed E-state index contributed by atoms with van der Waals surface area (Å²) in [7, 11) is 1.75. The molecule has 0 saturated carbocycles. The largest absolute Gasteiger partial charge is 0.495 e. The Bertz CT molecular complexity index is 457. The molecular formula is C12H14OS. The highest BCUT2D eigenvalue weighted by molar-refractivity contribution is 7.19. The molecule has 0 bridgehead atoms. The lowest BCUT2D eigenvalue weighted by atomic mass is 10.1. The Labute approximate surface area is 88.3 Å². The van der Waals surface area contributed by atoms with Crippen molar-refractivity contribution in [2.45, 2.75) is 20.3 Å². The van der Waals surface area contributed by atoms with Gasteiger partial charge in [-0.15, -0.1) is 11.3 Å². The lowest BCUT2D eigenvalue weighted by molar-refractivity contribution is 0.416. The third kappa shape index (κ3) is 1.40. The number of aryl methyl sites for hydroxylation is 2. The summed E-state index contributed by atoms with van der Waals surface area (Å²) >= 11 is 1.81. The third-order valence-electron chi connectivity index (χ3n) is 2.43. The van der Waals surface area contributed by atoms with Crippen LogP contribution in [-0.2, 0) is 6.42 Å². The van der Waals surface area contributed by atoms with E-state index in [2.05, 4.69) is 32.0 Å². The van der Waals surface area contributed by atoms with E-state index in [1.165, 1.54) is 20.5 Å². The van der Waals surface area contributed by atoms with Gasteiger partial charge in [-0.25, -0.2) is 0 Å². The smallest absolute Gasteiger partial charge is 0.139 e. The third-order valence-corrected chi connectivity index (χ3v) is 3.50. The van der Waals surface area contributed by atoms with Gasteiger partial charge in [0.2, 0.25) is 0 Å². The molecule has 0 spiro atoms. The Hall–Kier alpha value is -1.02. The van der Waals surface area contributed by atoms with E-state index in [1.54, 1.807) is 7.11 Å². The van der Waals surface area contributed by atoms with Crippen LogP contribution in [0.2, 0.25) is 0 Å². The summed E-state index contributed by atoms with van der Waals surface area (Å²) in [5, 5.41) is 1.29. The standard InChI is InChI=1S/C12H14OS/c1-4-9-5-6-10-7-8(2)14-12(10)11(9)13-3/h5-7H,4H2,1-3H3. The Balaban J connectivity index is 2.75. The summed E-state index contributed by atoms with van der Waals surface area (Å²) < 4.78 is 6.76. The van der Waals surface area contributed by atoms with Gasteiger partial charge < -0.3 is 4.74 Å². The van der Waals surface area contributed by atoms with Gasteiger partial charge >= 0.3 is 0 Å². The fourth-order valence-electron chi connectivity index (χ4n) is 1.75. The van der Waals surface area contributed by atoms with E-state index < -0.39 is 0 Å². The number of benzene rings is 1. The molecule has 2 heteroatoms. The number of thiophene rings is 1. The van der Waals surface area contributed by atoms with Crippen LogP contribution in [0.3, 0.4) is 0 Å². The Morgan fingerprint density at radius 1 is 1.36 bits per heavy atom. The molecule has 0 N–H and O–H groups in total. The SMILES string of the molecule is CCc1ccc2cc(C)sc2c1OC. The normalized spacial score (nSPS) is 10.8. The second-order valence-electron chi connectivity index (χ2n) is 3.39. The van der Waals surface area contributed by atoms with Crippen molar-refractivity contribution >= 4 is 21.4 Å². The van der Waals surface area contributed by atoms with Crippen molar-refractivity contribution in [3.8, 4) is 5.75 Å². The van der Waals surface area contributed by atoms with E-state index in [0.717, 1.165) is 12.2 Å². The second-order valence-corrected chi connectivity index (χ2v) is 4.64. The highest BCUT2D eigenvalue weighted by atomic mass is 32.1. The average Bonchev–Trinajstić information content (AvgIpc) is 2.56. The first-order chi connectivity index (χ1) is 6.76. The van der Waals surface area contributed by atoms with Crippen molar-refractivity contribution < 1.29 is 4.74 Å². The minimum Gasteiger partial charge on any atom is -0.495 e. The van der Waals surface area contributed by atoms with E-state index in [1.807, 2.05) is 11.3 Å². The van der Waals surface area contributed by atoms with Crippen LogP contribution in [0.5, 0.6) is 5.75 Å². The molecular weight excluding hydrogens is 192 g/mol. The summed E-state index contributed by atoms with van der Waals surface area (Å²) in [6.07, 6.45) is 1.02. The number of rotatable bonds is 2. The van der Waals surface area contributed by atoms with E-state index in [9.17, 15) is 0 Å². The number of ether oxygens (including phenoxy) is 1. The summed E-state index contributed by atoms with van der Waals surface area (Å²) in [6.45, 7) is 4.29. The number of fused-ring (bicyclic) bond motifs is 1. The molecule has 0 saturated heterocycles. The van der Waals surface area contributed by atoms with Crippen molar-refractivity contribution in [2.24, 2.45) is 0 Å². The Morgan fingerprint density at radius 3 is 2.79 bits per heavy atom. The van der Waals surface area contributed by atoms with Gasteiger partial charge in [0, 0.05) is 4.88 Å². The molecule has 0 aliphatic carbocycles.